The fraction of sp³-hybridized carbons (Fsp3) is 0.118. The maximum Gasteiger partial charge on any atom is 0.327 e. The van der Waals surface area contributed by atoms with Crippen LogP contribution >= 0.6 is 0 Å². The molecule has 0 amide bonds. The average Bonchev–Trinajstić information content (AvgIpc) is 3.10. The number of aromatic nitrogens is 5. The van der Waals surface area contributed by atoms with Crippen LogP contribution in [0.25, 0.3) is 16.7 Å². The van der Waals surface area contributed by atoms with Crippen LogP contribution < -0.4 is 5.56 Å². The van der Waals surface area contributed by atoms with Crippen LogP contribution in [0, 0.1) is 0 Å². The molecule has 0 aliphatic rings. The van der Waals surface area contributed by atoms with Crippen LogP contribution in [0.3, 0.4) is 0 Å². The molecule has 0 saturated carbocycles. The summed E-state index contributed by atoms with van der Waals surface area (Å²) in [6.07, 6.45) is 3.22. The number of hydrogen-bond acceptors (Lipinski definition) is 5. The van der Waals surface area contributed by atoms with Crippen LogP contribution in [0.5, 0.6) is 0 Å². The first-order valence-electron chi connectivity index (χ1n) is 7.63. The number of hydrogen-bond donors (Lipinski definition) is 1. The van der Waals surface area contributed by atoms with Gasteiger partial charge in [-0.3, -0.25) is 9.36 Å². The third kappa shape index (κ3) is 2.53. The Kier molecular flexibility index (Phi) is 3.50. The monoisotopic (exact) mass is 335 g/mol. The molecule has 1 atom stereocenters. The summed E-state index contributed by atoms with van der Waals surface area (Å²) in [5.41, 5.74) is 1.41. The molecule has 124 valence electrons. The van der Waals surface area contributed by atoms with Gasteiger partial charge in [0.25, 0.3) is 5.56 Å². The third-order valence-corrected chi connectivity index (χ3v) is 4.07. The SMILES string of the molecule is O=C(O)C(Cc1ccccc1)n1ccc2c(nnc3ccnn32)c1=O. The van der Waals surface area contributed by atoms with Gasteiger partial charge in [0.05, 0.1) is 6.20 Å². The summed E-state index contributed by atoms with van der Waals surface area (Å²) in [6.45, 7) is 0. The molecule has 0 aliphatic heterocycles. The molecule has 0 bridgehead atoms. The number of carboxylic acids is 1. The van der Waals surface area contributed by atoms with Crippen molar-refractivity contribution in [2.75, 3.05) is 0 Å². The second kappa shape index (κ2) is 5.82. The lowest BCUT2D eigenvalue weighted by Gasteiger charge is -2.16. The van der Waals surface area contributed by atoms with Crippen molar-refractivity contribution < 1.29 is 9.90 Å². The highest BCUT2D eigenvalue weighted by Crippen LogP contribution is 2.15. The van der Waals surface area contributed by atoms with Gasteiger partial charge in [-0.05, 0) is 11.6 Å². The molecule has 3 heterocycles. The van der Waals surface area contributed by atoms with E-state index in [9.17, 15) is 14.7 Å². The number of nitrogens with zero attached hydrogens (tertiary/aromatic N) is 5. The summed E-state index contributed by atoms with van der Waals surface area (Å²) in [5.74, 6) is -1.08. The Morgan fingerprint density at radius 1 is 1.12 bits per heavy atom. The Bertz CT molecular complexity index is 1130. The highest BCUT2D eigenvalue weighted by Gasteiger charge is 2.23. The Hall–Kier alpha value is -3.55. The van der Waals surface area contributed by atoms with Crippen molar-refractivity contribution in [3.63, 3.8) is 0 Å². The number of carboxylic acid groups (broad SMARTS) is 1. The molecule has 1 N–H and O–H groups in total. The van der Waals surface area contributed by atoms with Gasteiger partial charge in [0, 0.05) is 18.7 Å². The highest BCUT2D eigenvalue weighted by atomic mass is 16.4. The molecule has 0 spiro atoms. The van der Waals surface area contributed by atoms with E-state index in [-0.39, 0.29) is 11.9 Å². The van der Waals surface area contributed by atoms with E-state index in [1.54, 1.807) is 18.3 Å². The molecular formula is C17H13N5O3. The quantitative estimate of drug-likeness (QED) is 0.603. The summed E-state index contributed by atoms with van der Waals surface area (Å²) in [5, 5.41) is 21.6. The zero-order valence-electron chi connectivity index (χ0n) is 13.0. The van der Waals surface area contributed by atoms with Crippen LogP contribution in [0.4, 0.5) is 0 Å². The van der Waals surface area contributed by atoms with Crippen molar-refractivity contribution in [1.29, 1.82) is 0 Å². The van der Waals surface area contributed by atoms with E-state index < -0.39 is 17.6 Å². The number of fused-ring (bicyclic) bond motifs is 3. The molecule has 1 aromatic carbocycles. The minimum absolute atomic E-state index is 0.0815. The second-order valence-corrected chi connectivity index (χ2v) is 5.61. The van der Waals surface area contributed by atoms with Crippen molar-refractivity contribution in [2.45, 2.75) is 12.5 Å². The number of benzene rings is 1. The Balaban J connectivity index is 1.86. The Morgan fingerprint density at radius 2 is 1.92 bits per heavy atom. The molecule has 0 saturated heterocycles. The van der Waals surface area contributed by atoms with Crippen LogP contribution in [-0.4, -0.2) is 35.5 Å². The smallest absolute Gasteiger partial charge is 0.327 e. The minimum atomic E-state index is -1.08. The predicted octanol–water partition coefficient (Wildman–Crippen LogP) is 1.31. The number of aliphatic carboxylic acids is 1. The number of pyridine rings is 1. The first-order valence-corrected chi connectivity index (χ1v) is 7.63. The molecule has 0 fully saturated rings. The largest absolute Gasteiger partial charge is 0.480 e. The van der Waals surface area contributed by atoms with Gasteiger partial charge in [-0.15, -0.1) is 10.2 Å². The standard InChI is InChI=1S/C17H13N5O3/c23-16-15-12(22-14(19-20-15)6-8-18-22)7-9-21(16)13(17(24)25)10-11-4-2-1-3-5-11/h1-9,13H,10H2,(H,24,25). The second-order valence-electron chi connectivity index (χ2n) is 5.61. The van der Waals surface area contributed by atoms with E-state index >= 15 is 0 Å². The maximum atomic E-state index is 12.8. The molecule has 0 radical (unpaired) electrons. The highest BCUT2D eigenvalue weighted by molar-refractivity contribution is 5.76. The summed E-state index contributed by atoms with van der Waals surface area (Å²) in [4.78, 5) is 24.5. The molecule has 4 aromatic rings. The van der Waals surface area contributed by atoms with E-state index in [0.29, 0.717) is 11.2 Å². The van der Waals surface area contributed by atoms with E-state index in [0.717, 1.165) is 5.56 Å². The van der Waals surface area contributed by atoms with Crippen LogP contribution in [0.15, 0.2) is 59.7 Å². The molecule has 3 aromatic heterocycles. The van der Waals surface area contributed by atoms with Gasteiger partial charge in [-0.1, -0.05) is 30.3 Å². The van der Waals surface area contributed by atoms with Gasteiger partial charge >= 0.3 is 5.97 Å². The van der Waals surface area contributed by atoms with Crippen molar-refractivity contribution in [2.24, 2.45) is 0 Å². The molecule has 25 heavy (non-hydrogen) atoms. The first-order chi connectivity index (χ1) is 12.1. The fourth-order valence-electron chi connectivity index (χ4n) is 2.84. The van der Waals surface area contributed by atoms with Gasteiger partial charge in [-0.25, -0.2) is 9.31 Å². The summed E-state index contributed by atoms with van der Waals surface area (Å²) in [7, 11) is 0. The van der Waals surface area contributed by atoms with E-state index in [1.165, 1.54) is 15.3 Å². The molecule has 0 aliphatic carbocycles. The molecule has 8 nitrogen and oxygen atoms in total. The Labute approximate surface area is 141 Å². The Morgan fingerprint density at radius 3 is 2.68 bits per heavy atom. The first kappa shape index (κ1) is 15.0. The fourth-order valence-corrected chi connectivity index (χ4v) is 2.84. The predicted molar refractivity (Wildman–Crippen MR) is 89.4 cm³/mol. The van der Waals surface area contributed by atoms with Crippen molar-refractivity contribution in [3.8, 4) is 0 Å². The van der Waals surface area contributed by atoms with Gasteiger partial charge < -0.3 is 5.11 Å². The van der Waals surface area contributed by atoms with E-state index in [4.69, 9.17) is 0 Å². The van der Waals surface area contributed by atoms with Gasteiger partial charge in [0.15, 0.2) is 11.2 Å². The maximum absolute atomic E-state index is 12.8. The molecule has 1 unspecified atom stereocenters. The zero-order chi connectivity index (χ0) is 17.4. The normalized spacial score (nSPS) is 12.5. The minimum Gasteiger partial charge on any atom is -0.480 e. The van der Waals surface area contributed by atoms with Crippen molar-refractivity contribution in [1.82, 2.24) is 24.4 Å². The lowest BCUT2D eigenvalue weighted by atomic mass is 10.1. The number of carbonyl (C=O) groups is 1. The molecule has 4 rings (SSSR count). The van der Waals surface area contributed by atoms with E-state index in [1.807, 2.05) is 30.3 Å². The lowest BCUT2D eigenvalue weighted by molar-refractivity contribution is -0.141. The topological polar surface area (TPSA) is 102 Å². The summed E-state index contributed by atoms with van der Waals surface area (Å²) in [6, 6.07) is 11.4. The average molecular weight is 335 g/mol. The van der Waals surface area contributed by atoms with Crippen LogP contribution in [-0.2, 0) is 11.2 Å². The van der Waals surface area contributed by atoms with Crippen LogP contribution in [0.1, 0.15) is 11.6 Å². The third-order valence-electron chi connectivity index (χ3n) is 4.07. The van der Waals surface area contributed by atoms with Crippen molar-refractivity contribution >= 4 is 22.6 Å². The van der Waals surface area contributed by atoms with Crippen LogP contribution in [0.2, 0.25) is 0 Å². The molecular weight excluding hydrogens is 322 g/mol. The zero-order valence-corrected chi connectivity index (χ0v) is 13.0. The van der Waals surface area contributed by atoms with Gasteiger partial charge in [0.1, 0.15) is 11.6 Å². The van der Waals surface area contributed by atoms with Gasteiger partial charge in [-0.2, -0.15) is 5.10 Å². The summed E-state index contributed by atoms with van der Waals surface area (Å²) >= 11 is 0. The van der Waals surface area contributed by atoms with Gasteiger partial charge in [0.2, 0.25) is 0 Å². The lowest BCUT2D eigenvalue weighted by Crippen LogP contribution is -2.31. The number of rotatable bonds is 4. The van der Waals surface area contributed by atoms with E-state index in [2.05, 4.69) is 15.3 Å². The molecule has 8 heteroatoms. The van der Waals surface area contributed by atoms with Crippen molar-refractivity contribution in [3.05, 3.63) is 70.8 Å². The summed E-state index contributed by atoms with van der Waals surface area (Å²) < 4.78 is 2.68.